The van der Waals surface area contributed by atoms with Gasteiger partial charge in [0.05, 0.1) is 11.8 Å². The van der Waals surface area contributed by atoms with Crippen LogP contribution in [0.3, 0.4) is 0 Å². The third-order valence-corrected chi connectivity index (χ3v) is 3.71. The average molecular weight is 326 g/mol. The summed E-state index contributed by atoms with van der Waals surface area (Å²) >= 11 is 4.32. The molecule has 2 aromatic rings. The third-order valence-electron chi connectivity index (χ3n) is 2.09. The fraction of sp³-hybridized carbons (Fsp3) is 0. The van der Waals surface area contributed by atoms with Gasteiger partial charge < -0.3 is 5.73 Å². The van der Waals surface area contributed by atoms with Gasteiger partial charge in [-0.3, -0.25) is 14.9 Å². The molecule has 0 spiro atoms. The number of hydrogen-bond donors (Lipinski definition) is 2. The number of thiazole rings is 1. The molecule has 92 valence electrons. The van der Waals surface area contributed by atoms with Crippen LogP contribution in [0.25, 0.3) is 0 Å². The number of carbonyl (C=O) groups is 2. The van der Waals surface area contributed by atoms with E-state index in [9.17, 15) is 9.59 Å². The number of rotatable bonds is 3. The highest BCUT2D eigenvalue weighted by atomic mass is 79.9. The molecule has 5 nitrogen and oxygen atoms in total. The lowest BCUT2D eigenvalue weighted by molar-refractivity contribution is 0.100. The van der Waals surface area contributed by atoms with Crippen molar-refractivity contribution in [2.75, 3.05) is 5.32 Å². The minimum atomic E-state index is -0.561. The number of amides is 2. The summed E-state index contributed by atoms with van der Waals surface area (Å²) in [4.78, 5) is 27.0. The molecule has 3 N–H and O–H groups in total. The van der Waals surface area contributed by atoms with Crippen molar-refractivity contribution in [1.82, 2.24) is 4.98 Å². The van der Waals surface area contributed by atoms with Gasteiger partial charge in [0.25, 0.3) is 11.8 Å². The maximum absolute atomic E-state index is 11.9. The predicted molar refractivity (Wildman–Crippen MR) is 72.7 cm³/mol. The van der Waals surface area contributed by atoms with E-state index in [-0.39, 0.29) is 5.91 Å². The molecule has 0 aliphatic rings. The van der Waals surface area contributed by atoms with Gasteiger partial charge in [-0.2, -0.15) is 0 Å². The smallest absolute Gasteiger partial charge is 0.260 e. The minimum Gasteiger partial charge on any atom is -0.365 e. The molecule has 0 unspecified atom stereocenters. The molecule has 0 saturated heterocycles. The zero-order valence-corrected chi connectivity index (χ0v) is 11.4. The molecule has 2 rings (SSSR count). The van der Waals surface area contributed by atoms with Gasteiger partial charge >= 0.3 is 0 Å². The highest BCUT2D eigenvalue weighted by Gasteiger charge is 2.12. The Morgan fingerprint density at radius 1 is 1.33 bits per heavy atom. The van der Waals surface area contributed by atoms with E-state index in [4.69, 9.17) is 5.73 Å². The molecule has 0 bridgehead atoms. The Hall–Kier alpha value is -1.73. The first kappa shape index (κ1) is 12.7. The van der Waals surface area contributed by atoms with Crippen LogP contribution in [0.1, 0.15) is 20.0 Å². The number of aromatic nitrogens is 1. The molecule has 1 aromatic carbocycles. The SMILES string of the molecule is NC(=O)c1cnc(NC(=O)c2ccccc2Br)s1. The Kier molecular flexibility index (Phi) is 3.73. The molecule has 0 atom stereocenters. The first-order valence-electron chi connectivity index (χ1n) is 4.89. The zero-order chi connectivity index (χ0) is 13.1. The Balaban J connectivity index is 2.16. The van der Waals surface area contributed by atoms with E-state index >= 15 is 0 Å². The molecule has 0 saturated carbocycles. The minimum absolute atomic E-state index is 0.298. The van der Waals surface area contributed by atoms with E-state index in [2.05, 4.69) is 26.2 Å². The summed E-state index contributed by atoms with van der Waals surface area (Å²) in [6.07, 6.45) is 1.34. The standard InChI is InChI=1S/C11H8BrN3O2S/c12-7-4-2-1-3-6(7)10(17)15-11-14-5-8(18-11)9(13)16/h1-5H,(H2,13,16)(H,14,15,17). The maximum atomic E-state index is 11.9. The van der Waals surface area contributed by atoms with Crippen LogP contribution in [-0.2, 0) is 0 Å². The normalized spacial score (nSPS) is 10.1. The summed E-state index contributed by atoms with van der Waals surface area (Å²) in [5, 5.41) is 2.94. The molecular weight excluding hydrogens is 318 g/mol. The van der Waals surface area contributed by atoms with E-state index in [1.54, 1.807) is 18.2 Å². The Morgan fingerprint density at radius 2 is 2.06 bits per heavy atom. The van der Waals surface area contributed by atoms with Crippen molar-refractivity contribution < 1.29 is 9.59 Å². The van der Waals surface area contributed by atoms with Gasteiger partial charge in [-0.25, -0.2) is 4.98 Å². The number of halogens is 1. The number of hydrogen-bond acceptors (Lipinski definition) is 4. The first-order chi connectivity index (χ1) is 8.58. The van der Waals surface area contributed by atoms with E-state index in [1.165, 1.54) is 6.20 Å². The number of primary amides is 1. The number of nitrogens with one attached hydrogen (secondary N) is 1. The van der Waals surface area contributed by atoms with E-state index in [0.717, 1.165) is 11.3 Å². The molecule has 0 radical (unpaired) electrons. The van der Waals surface area contributed by atoms with Crippen LogP contribution in [0.5, 0.6) is 0 Å². The van der Waals surface area contributed by atoms with Crippen LogP contribution < -0.4 is 11.1 Å². The Bertz CT molecular complexity index is 612. The third kappa shape index (κ3) is 2.74. The number of carbonyl (C=O) groups excluding carboxylic acids is 2. The predicted octanol–water partition coefficient (Wildman–Crippen LogP) is 2.26. The number of anilines is 1. The van der Waals surface area contributed by atoms with Crippen molar-refractivity contribution in [3.8, 4) is 0 Å². The summed E-state index contributed by atoms with van der Waals surface area (Å²) in [6, 6.07) is 7.03. The van der Waals surface area contributed by atoms with Crippen LogP contribution in [0.4, 0.5) is 5.13 Å². The van der Waals surface area contributed by atoms with E-state index < -0.39 is 5.91 Å². The summed E-state index contributed by atoms with van der Waals surface area (Å²) in [5.74, 6) is -0.860. The van der Waals surface area contributed by atoms with Gasteiger partial charge in [0.2, 0.25) is 0 Å². The molecule has 2 amide bonds. The summed E-state index contributed by atoms with van der Waals surface area (Å²) in [6.45, 7) is 0. The molecule has 0 aliphatic carbocycles. The number of nitrogens with two attached hydrogens (primary N) is 1. The molecule has 1 aromatic heterocycles. The Morgan fingerprint density at radius 3 is 2.67 bits per heavy atom. The van der Waals surface area contributed by atoms with Crippen molar-refractivity contribution >= 4 is 44.2 Å². The van der Waals surface area contributed by atoms with Crippen molar-refractivity contribution in [2.24, 2.45) is 5.73 Å². The summed E-state index contributed by atoms with van der Waals surface area (Å²) in [7, 11) is 0. The maximum Gasteiger partial charge on any atom is 0.260 e. The monoisotopic (exact) mass is 325 g/mol. The van der Waals surface area contributed by atoms with Gasteiger partial charge in [0, 0.05) is 4.47 Å². The number of nitrogens with zero attached hydrogens (tertiary/aromatic N) is 1. The van der Waals surface area contributed by atoms with Gasteiger partial charge in [-0.15, -0.1) is 0 Å². The second-order valence-corrected chi connectivity index (χ2v) is 5.21. The largest absolute Gasteiger partial charge is 0.365 e. The fourth-order valence-corrected chi connectivity index (χ4v) is 2.38. The zero-order valence-electron chi connectivity index (χ0n) is 9.01. The van der Waals surface area contributed by atoms with Crippen molar-refractivity contribution in [2.45, 2.75) is 0 Å². The highest BCUT2D eigenvalue weighted by molar-refractivity contribution is 9.10. The van der Waals surface area contributed by atoms with Gasteiger partial charge in [0.15, 0.2) is 5.13 Å². The quantitative estimate of drug-likeness (QED) is 0.907. The molecule has 0 aliphatic heterocycles. The van der Waals surface area contributed by atoms with Crippen molar-refractivity contribution in [3.63, 3.8) is 0 Å². The lowest BCUT2D eigenvalue weighted by Crippen LogP contribution is -2.12. The van der Waals surface area contributed by atoms with E-state index in [0.29, 0.717) is 20.0 Å². The topological polar surface area (TPSA) is 85.1 Å². The molecule has 18 heavy (non-hydrogen) atoms. The van der Waals surface area contributed by atoms with Crippen LogP contribution >= 0.6 is 27.3 Å². The highest BCUT2D eigenvalue weighted by Crippen LogP contribution is 2.21. The summed E-state index contributed by atoms with van der Waals surface area (Å²) < 4.78 is 0.689. The first-order valence-corrected chi connectivity index (χ1v) is 6.50. The second kappa shape index (κ2) is 5.28. The second-order valence-electron chi connectivity index (χ2n) is 3.33. The van der Waals surface area contributed by atoms with Crippen LogP contribution in [-0.4, -0.2) is 16.8 Å². The average Bonchev–Trinajstić information content (AvgIpc) is 2.78. The fourth-order valence-electron chi connectivity index (χ4n) is 1.26. The van der Waals surface area contributed by atoms with Crippen molar-refractivity contribution in [3.05, 3.63) is 45.4 Å². The molecule has 7 heteroatoms. The lowest BCUT2D eigenvalue weighted by Gasteiger charge is -2.03. The summed E-state index contributed by atoms with van der Waals surface area (Å²) in [5.41, 5.74) is 5.60. The van der Waals surface area contributed by atoms with Crippen LogP contribution in [0.15, 0.2) is 34.9 Å². The Labute approximate surface area is 115 Å². The van der Waals surface area contributed by atoms with Gasteiger partial charge in [0.1, 0.15) is 4.88 Å². The molecule has 1 heterocycles. The number of benzene rings is 1. The van der Waals surface area contributed by atoms with Gasteiger partial charge in [-0.05, 0) is 28.1 Å². The van der Waals surface area contributed by atoms with Crippen LogP contribution in [0.2, 0.25) is 0 Å². The lowest BCUT2D eigenvalue weighted by atomic mass is 10.2. The van der Waals surface area contributed by atoms with Crippen molar-refractivity contribution in [1.29, 1.82) is 0 Å². The molecule has 0 fully saturated rings. The molecular formula is C11H8BrN3O2S. The van der Waals surface area contributed by atoms with Crippen LogP contribution in [0, 0.1) is 0 Å². The van der Waals surface area contributed by atoms with Gasteiger partial charge in [-0.1, -0.05) is 23.5 Å². The van der Waals surface area contributed by atoms with E-state index in [1.807, 2.05) is 6.07 Å².